The summed E-state index contributed by atoms with van der Waals surface area (Å²) in [5, 5.41) is 7.57. The van der Waals surface area contributed by atoms with Gasteiger partial charge in [0.15, 0.2) is 5.11 Å². The monoisotopic (exact) mass is 378 g/mol. The molecular formula is C18H23BrN2S. The molecule has 0 aromatic heterocycles. The molecule has 0 spiro atoms. The van der Waals surface area contributed by atoms with Gasteiger partial charge in [-0.2, -0.15) is 0 Å². The van der Waals surface area contributed by atoms with Gasteiger partial charge in [0.1, 0.15) is 0 Å². The van der Waals surface area contributed by atoms with Crippen molar-refractivity contribution in [3.63, 3.8) is 0 Å². The van der Waals surface area contributed by atoms with Crippen LogP contribution in [0.4, 0.5) is 5.69 Å². The standard InChI is InChI=1S/C18H23BrN2S/c19-15-1-3-16(4-2-15)21-17(22)20-11-18-8-12-5-13(9-18)7-14(6-12)10-18/h1-4,12-14H,5-11H2,(H2,20,21,22). The van der Waals surface area contributed by atoms with Crippen molar-refractivity contribution in [2.75, 3.05) is 11.9 Å². The number of anilines is 1. The minimum absolute atomic E-state index is 0.528. The molecule has 4 aliphatic rings. The van der Waals surface area contributed by atoms with Crippen molar-refractivity contribution in [2.24, 2.45) is 23.2 Å². The Morgan fingerprint density at radius 1 is 1.05 bits per heavy atom. The third-order valence-corrected chi connectivity index (χ3v) is 6.67. The molecule has 118 valence electrons. The average molecular weight is 379 g/mol. The van der Waals surface area contributed by atoms with E-state index in [-0.39, 0.29) is 0 Å². The molecule has 0 radical (unpaired) electrons. The number of rotatable bonds is 3. The van der Waals surface area contributed by atoms with Crippen LogP contribution in [-0.2, 0) is 0 Å². The van der Waals surface area contributed by atoms with E-state index in [4.69, 9.17) is 12.2 Å². The van der Waals surface area contributed by atoms with Crippen LogP contribution in [0.1, 0.15) is 38.5 Å². The van der Waals surface area contributed by atoms with Gasteiger partial charge in [0.2, 0.25) is 0 Å². The van der Waals surface area contributed by atoms with Crippen LogP contribution >= 0.6 is 28.1 Å². The van der Waals surface area contributed by atoms with Crippen LogP contribution < -0.4 is 10.6 Å². The number of halogens is 1. The third-order valence-electron chi connectivity index (χ3n) is 5.89. The van der Waals surface area contributed by atoms with E-state index in [9.17, 15) is 0 Å². The summed E-state index contributed by atoms with van der Waals surface area (Å²) >= 11 is 8.95. The molecular weight excluding hydrogens is 356 g/mol. The maximum Gasteiger partial charge on any atom is 0.170 e. The molecule has 1 aromatic rings. The molecule has 0 saturated heterocycles. The lowest BCUT2D eigenvalue weighted by Crippen LogP contribution is -2.51. The maximum absolute atomic E-state index is 5.49. The van der Waals surface area contributed by atoms with Crippen molar-refractivity contribution >= 4 is 38.9 Å². The molecule has 4 bridgehead atoms. The zero-order chi connectivity index (χ0) is 15.2. The van der Waals surface area contributed by atoms with E-state index in [2.05, 4.69) is 26.6 Å². The molecule has 4 saturated carbocycles. The molecule has 0 heterocycles. The van der Waals surface area contributed by atoms with Crippen molar-refractivity contribution in [3.05, 3.63) is 28.7 Å². The van der Waals surface area contributed by atoms with E-state index < -0.39 is 0 Å². The summed E-state index contributed by atoms with van der Waals surface area (Å²) in [6.07, 6.45) is 8.77. The fraction of sp³-hybridized carbons (Fsp3) is 0.611. The van der Waals surface area contributed by atoms with E-state index in [1.54, 1.807) is 0 Å². The van der Waals surface area contributed by atoms with Crippen LogP contribution in [0.2, 0.25) is 0 Å². The largest absolute Gasteiger partial charge is 0.362 e. The van der Waals surface area contributed by atoms with Gasteiger partial charge in [-0.05, 0) is 98.2 Å². The van der Waals surface area contributed by atoms with Crippen molar-refractivity contribution < 1.29 is 0 Å². The van der Waals surface area contributed by atoms with Gasteiger partial charge in [-0.15, -0.1) is 0 Å². The summed E-state index contributed by atoms with van der Waals surface area (Å²) in [5.74, 6) is 3.00. The molecule has 0 aliphatic heterocycles. The van der Waals surface area contributed by atoms with Crippen molar-refractivity contribution in [1.29, 1.82) is 0 Å². The molecule has 2 nitrogen and oxygen atoms in total. The fourth-order valence-corrected chi connectivity index (χ4v) is 5.94. The van der Waals surface area contributed by atoms with Gasteiger partial charge in [-0.1, -0.05) is 15.9 Å². The highest BCUT2D eigenvalue weighted by molar-refractivity contribution is 9.10. The molecule has 22 heavy (non-hydrogen) atoms. The van der Waals surface area contributed by atoms with Crippen LogP contribution in [0.25, 0.3) is 0 Å². The Balaban J connectivity index is 1.34. The highest BCUT2D eigenvalue weighted by Crippen LogP contribution is 2.59. The minimum Gasteiger partial charge on any atom is -0.362 e. The zero-order valence-corrected chi connectivity index (χ0v) is 15.2. The number of thiocarbonyl (C=S) groups is 1. The molecule has 2 N–H and O–H groups in total. The number of hydrogen-bond donors (Lipinski definition) is 2. The summed E-state index contributed by atoms with van der Waals surface area (Å²) in [5.41, 5.74) is 1.58. The Morgan fingerprint density at radius 3 is 2.14 bits per heavy atom. The average Bonchev–Trinajstić information content (AvgIpc) is 2.46. The molecule has 4 heteroatoms. The quantitative estimate of drug-likeness (QED) is 0.727. The number of benzene rings is 1. The SMILES string of the molecule is S=C(NCC12CC3CC(CC(C3)C1)C2)Nc1ccc(Br)cc1. The summed E-state index contributed by atoms with van der Waals surface area (Å²) < 4.78 is 1.09. The van der Waals surface area contributed by atoms with E-state index in [0.29, 0.717) is 5.41 Å². The summed E-state index contributed by atoms with van der Waals surface area (Å²) in [4.78, 5) is 0. The van der Waals surface area contributed by atoms with Crippen LogP contribution in [-0.4, -0.2) is 11.7 Å². The first-order valence-corrected chi connectivity index (χ1v) is 9.61. The minimum atomic E-state index is 0.528. The Bertz CT molecular complexity index is 534. The fourth-order valence-electron chi connectivity index (χ4n) is 5.48. The third kappa shape index (κ3) is 3.05. The van der Waals surface area contributed by atoms with E-state index >= 15 is 0 Å². The second-order valence-corrected chi connectivity index (χ2v) is 9.06. The molecule has 0 atom stereocenters. The Morgan fingerprint density at radius 2 is 1.59 bits per heavy atom. The first kappa shape index (κ1) is 14.9. The highest BCUT2D eigenvalue weighted by Gasteiger charge is 2.50. The van der Waals surface area contributed by atoms with E-state index in [1.807, 2.05) is 24.3 Å². The molecule has 5 rings (SSSR count). The van der Waals surface area contributed by atoms with Crippen LogP contribution in [0, 0.1) is 23.2 Å². The maximum atomic E-state index is 5.49. The van der Waals surface area contributed by atoms with Gasteiger partial charge in [0.05, 0.1) is 0 Å². The second kappa shape index (κ2) is 5.79. The van der Waals surface area contributed by atoms with Crippen LogP contribution in [0.15, 0.2) is 28.7 Å². The topological polar surface area (TPSA) is 24.1 Å². The van der Waals surface area contributed by atoms with Crippen LogP contribution in [0.3, 0.4) is 0 Å². The normalized spacial score (nSPS) is 35.4. The van der Waals surface area contributed by atoms with Crippen LogP contribution in [0.5, 0.6) is 0 Å². The first-order chi connectivity index (χ1) is 10.6. The first-order valence-electron chi connectivity index (χ1n) is 8.41. The molecule has 4 aliphatic carbocycles. The summed E-state index contributed by atoms with van der Waals surface area (Å²) in [7, 11) is 0. The van der Waals surface area contributed by atoms with Gasteiger partial charge in [0.25, 0.3) is 0 Å². The van der Waals surface area contributed by atoms with Gasteiger partial charge in [-0.25, -0.2) is 0 Å². The second-order valence-electron chi connectivity index (χ2n) is 7.73. The summed E-state index contributed by atoms with van der Waals surface area (Å²) in [6.45, 7) is 1.05. The molecule has 1 aromatic carbocycles. The predicted molar refractivity (Wildman–Crippen MR) is 99.0 cm³/mol. The Hall–Kier alpha value is -0.610. The number of hydrogen-bond acceptors (Lipinski definition) is 1. The lowest BCUT2D eigenvalue weighted by molar-refractivity contribution is -0.0490. The predicted octanol–water partition coefficient (Wildman–Crippen LogP) is 4.95. The van der Waals surface area contributed by atoms with Gasteiger partial charge in [-0.3, -0.25) is 0 Å². The van der Waals surface area contributed by atoms with Gasteiger partial charge >= 0.3 is 0 Å². The zero-order valence-electron chi connectivity index (χ0n) is 12.8. The van der Waals surface area contributed by atoms with Crippen molar-refractivity contribution in [2.45, 2.75) is 38.5 Å². The Labute approximate surface area is 146 Å². The lowest BCUT2D eigenvalue weighted by Gasteiger charge is -2.57. The molecule has 0 amide bonds. The Kier molecular flexibility index (Phi) is 3.93. The van der Waals surface area contributed by atoms with E-state index in [0.717, 1.165) is 39.6 Å². The lowest BCUT2D eigenvalue weighted by atomic mass is 9.49. The molecule has 0 unspecified atom stereocenters. The summed E-state index contributed by atoms with van der Waals surface area (Å²) in [6, 6.07) is 8.15. The number of nitrogens with one attached hydrogen (secondary N) is 2. The highest BCUT2D eigenvalue weighted by atomic mass is 79.9. The van der Waals surface area contributed by atoms with E-state index in [1.165, 1.54) is 38.5 Å². The van der Waals surface area contributed by atoms with Gasteiger partial charge < -0.3 is 10.6 Å². The molecule has 4 fully saturated rings. The smallest absolute Gasteiger partial charge is 0.170 e. The van der Waals surface area contributed by atoms with Gasteiger partial charge in [0, 0.05) is 16.7 Å². The van der Waals surface area contributed by atoms with Crippen molar-refractivity contribution in [3.8, 4) is 0 Å². The van der Waals surface area contributed by atoms with Crippen molar-refractivity contribution in [1.82, 2.24) is 5.32 Å².